The molecule has 1 aliphatic rings. The number of benzene rings is 1. The molecule has 2 N–H and O–H groups in total. The number of carbonyl (C=O) groups is 1. The molecule has 22 heavy (non-hydrogen) atoms. The summed E-state index contributed by atoms with van der Waals surface area (Å²) in [5, 5.41) is 6.15. The lowest BCUT2D eigenvalue weighted by molar-refractivity contribution is -0.117. The van der Waals surface area contributed by atoms with Gasteiger partial charge in [-0.05, 0) is 45.5 Å². The number of rotatable bonds is 7. The lowest BCUT2D eigenvalue weighted by atomic mass is 10.2. The molecule has 2 rings (SSSR count). The molecule has 1 aromatic rings. The molecular weight excluding hydrogens is 302 g/mol. The van der Waals surface area contributed by atoms with Crippen LogP contribution < -0.4 is 15.4 Å². The topological polar surface area (TPSA) is 53.6 Å². The van der Waals surface area contributed by atoms with E-state index in [0.29, 0.717) is 19.2 Å². The number of hydrogen-bond donors (Lipinski definition) is 2. The molecule has 1 atom stereocenters. The van der Waals surface area contributed by atoms with Gasteiger partial charge in [-0.3, -0.25) is 9.69 Å². The van der Waals surface area contributed by atoms with E-state index < -0.39 is 0 Å². The lowest BCUT2D eigenvalue weighted by Crippen LogP contribution is -2.41. The first-order chi connectivity index (χ1) is 10.2. The Labute approximate surface area is 138 Å². The number of nitrogens with one attached hydrogen (secondary N) is 2. The van der Waals surface area contributed by atoms with Gasteiger partial charge in [-0.15, -0.1) is 12.4 Å². The van der Waals surface area contributed by atoms with Crippen LogP contribution in [-0.2, 0) is 4.79 Å². The van der Waals surface area contributed by atoms with Crippen LogP contribution >= 0.6 is 12.4 Å². The Kier molecular flexibility index (Phi) is 8.24. The highest BCUT2D eigenvalue weighted by Crippen LogP contribution is 2.24. The van der Waals surface area contributed by atoms with Gasteiger partial charge in [0, 0.05) is 12.6 Å². The van der Waals surface area contributed by atoms with Crippen molar-refractivity contribution in [3.05, 3.63) is 24.3 Å². The Morgan fingerprint density at radius 1 is 1.41 bits per heavy atom. The number of halogens is 1. The minimum atomic E-state index is 0. The molecule has 1 unspecified atom stereocenters. The van der Waals surface area contributed by atoms with Gasteiger partial charge in [0.15, 0.2) is 0 Å². The average Bonchev–Trinajstić information content (AvgIpc) is 2.89. The highest BCUT2D eigenvalue weighted by Gasteiger charge is 2.25. The molecular formula is C16H26ClN3O2. The SMILES string of the molecule is CCOc1ccccc1NC(=O)CN1CCCC1CNC.Cl. The Morgan fingerprint density at radius 3 is 2.91 bits per heavy atom. The molecule has 1 aliphatic heterocycles. The van der Waals surface area contributed by atoms with Crippen molar-refractivity contribution in [2.24, 2.45) is 0 Å². The van der Waals surface area contributed by atoms with E-state index in [9.17, 15) is 4.79 Å². The molecule has 5 nitrogen and oxygen atoms in total. The first-order valence-corrected chi connectivity index (χ1v) is 7.65. The van der Waals surface area contributed by atoms with Crippen molar-refractivity contribution in [3.8, 4) is 5.75 Å². The van der Waals surface area contributed by atoms with Crippen LogP contribution in [-0.4, -0.2) is 50.1 Å². The van der Waals surface area contributed by atoms with E-state index in [1.54, 1.807) is 0 Å². The second-order valence-corrected chi connectivity index (χ2v) is 5.30. The Hall–Kier alpha value is -1.30. The summed E-state index contributed by atoms with van der Waals surface area (Å²) in [6.45, 7) is 4.89. The van der Waals surface area contributed by atoms with Gasteiger partial charge < -0.3 is 15.4 Å². The van der Waals surface area contributed by atoms with E-state index in [2.05, 4.69) is 15.5 Å². The number of para-hydroxylation sites is 2. The minimum absolute atomic E-state index is 0. The third-order valence-electron chi connectivity index (χ3n) is 3.75. The van der Waals surface area contributed by atoms with E-state index in [1.807, 2.05) is 38.2 Å². The smallest absolute Gasteiger partial charge is 0.238 e. The van der Waals surface area contributed by atoms with E-state index in [-0.39, 0.29) is 18.3 Å². The second kappa shape index (κ2) is 9.66. The molecule has 6 heteroatoms. The predicted octanol–water partition coefficient (Wildman–Crippen LogP) is 2.13. The van der Waals surface area contributed by atoms with Gasteiger partial charge in [0.25, 0.3) is 0 Å². The van der Waals surface area contributed by atoms with Gasteiger partial charge >= 0.3 is 0 Å². The molecule has 0 radical (unpaired) electrons. The van der Waals surface area contributed by atoms with Crippen LogP contribution in [0.2, 0.25) is 0 Å². The van der Waals surface area contributed by atoms with Gasteiger partial charge in [0.1, 0.15) is 5.75 Å². The maximum absolute atomic E-state index is 12.2. The Bertz CT molecular complexity index is 470. The fourth-order valence-corrected chi connectivity index (χ4v) is 2.80. The number of carbonyl (C=O) groups excluding carboxylic acids is 1. The van der Waals surface area contributed by atoms with Crippen LogP contribution in [0, 0.1) is 0 Å². The summed E-state index contributed by atoms with van der Waals surface area (Å²) < 4.78 is 5.53. The molecule has 1 saturated heterocycles. The Balaban J connectivity index is 0.00000242. The number of likely N-dealkylation sites (N-methyl/N-ethyl adjacent to an activating group) is 1. The third-order valence-corrected chi connectivity index (χ3v) is 3.75. The highest BCUT2D eigenvalue weighted by molar-refractivity contribution is 5.93. The van der Waals surface area contributed by atoms with Crippen LogP contribution in [0.15, 0.2) is 24.3 Å². The van der Waals surface area contributed by atoms with Crippen molar-refractivity contribution in [2.75, 3.05) is 38.6 Å². The van der Waals surface area contributed by atoms with Gasteiger partial charge in [-0.25, -0.2) is 0 Å². The summed E-state index contributed by atoms with van der Waals surface area (Å²) in [7, 11) is 1.95. The van der Waals surface area contributed by atoms with Crippen molar-refractivity contribution < 1.29 is 9.53 Å². The fourth-order valence-electron chi connectivity index (χ4n) is 2.80. The van der Waals surface area contributed by atoms with Crippen molar-refractivity contribution >= 4 is 24.0 Å². The van der Waals surface area contributed by atoms with E-state index >= 15 is 0 Å². The van der Waals surface area contributed by atoms with Crippen LogP contribution in [0.4, 0.5) is 5.69 Å². The molecule has 1 aromatic carbocycles. The maximum atomic E-state index is 12.2. The maximum Gasteiger partial charge on any atom is 0.238 e. The van der Waals surface area contributed by atoms with Crippen LogP contribution in [0.1, 0.15) is 19.8 Å². The summed E-state index contributed by atoms with van der Waals surface area (Å²) >= 11 is 0. The summed E-state index contributed by atoms with van der Waals surface area (Å²) in [5.74, 6) is 0.742. The number of hydrogen-bond acceptors (Lipinski definition) is 4. The molecule has 1 fully saturated rings. The zero-order valence-electron chi connectivity index (χ0n) is 13.3. The summed E-state index contributed by atoms with van der Waals surface area (Å²) in [4.78, 5) is 14.5. The number of likely N-dealkylation sites (tertiary alicyclic amines) is 1. The zero-order valence-corrected chi connectivity index (χ0v) is 14.1. The van der Waals surface area contributed by atoms with Crippen molar-refractivity contribution in [1.82, 2.24) is 10.2 Å². The standard InChI is InChI=1S/C16H25N3O2.ClH/c1-3-21-15-9-5-4-8-14(15)18-16(20)12-19-10-6-7-13(19)11-17-2;/h4-5,8-9,13,17H,3,6-7,10-12H2,1-2H3,(H,18,20);1H. The molecule has 1 heterocycles. The monoisotopic (exact) mass is 327 g/mol. The molecule has 0 aromatic heterocycles. The lowest BCUT2D eigenvalue weighted by Gasteiger charge is -2.23. The molecule has 0 spiro atoms. The minimum Gasteiger partial charge on any atom is -0.492 e. The van der Waals surface area contributed by atoms with Crippen molar-refractivity contribution in [3.63, 3.8) is 0 Å². The molecule has 0 saturated carbocycles. The summed E-state index contributed by atoms with van der Waals surface area (Å²) in [6, 6.07) is 8.02. The number of amides is 1. The first-order valence-electron chi connectivity index (χ1n) is 7.65. The zero-order chi connectivity index (χ0) is 15.1. The normalized spacial score (nSPS) is 17.8. The fraction of sp³-hybridized carbons (Fsp3) is 0.562. The van der Waals surface area contributed by atoms with Gasteiger partial charge in [0.2, 0.25) is 5.91 Å². The van der Waals surface area contributed by atoms with Crippen LogP contribution in [0.5, 0.6) is 5.75 Å². The van der Waals surface area contributed by atoms with Gasteiger partial charge in [-0.1, -0.05) is 12.1 Å². The van der Waals surface area contributed by atoms with Crippen molar-refractivity contribution in [1.29, 1.82) is 0 Å². The average molecular weight is 328 g/mol. The van der Waals surface area contributed by atoms with Crippen LogP contribution in [0.3, 0.4) is 0 Å². The van der Waals surface area contributed by atoms with E-state index in [4.69, 9.17) is 4.74 Å². The summed E-state index contributed by atoms with van der Waals surface area (Å²) in [6.07, 6.45) is 2.32. The Morgan fingerprint density at radius 2 is 2.18 bits per heavy atom. The number of ether oxygens (including phenoxy) is 1. The quantitative estimate of drug-likeness (QED) is 0.805. The highest BCUT2D eigenvalue weighted by atomic mass is 35.5. The molecule has 0 aliphatic carbocycles. The third kappa shape index (κ3) is 5.16. The van der Waals surface area contributed by atoms with Gasteiger partial charge in [0.05, 0.1) is 18.8 Å². The van der Waals surface area contributed by atoms with Crippen LogP contribution in [0.25, 0.3) is 0 Å². The van der Waals surface area contributed by atoms with Gasteiger partial charge in [-0.2, -0.15) is 0 Å². The molecule has 1 amide bonds. The largest absolute Gasteiger partial charge is 0.492 e. The first kappa shape index (κ1) is 18.7. The predicted molar refractivity (Wildman–Crippen MR) is 92.0 cm³/mol. The molecule has 124 valence electrons. The van der Waals surface area contributed by atoms with E-state index in [0.717, 1.165) is 37.4 Å². The van der Waals surface area contributed by atoms with Crippen molar-refractivity contribution in [2.45, 2.75) is 25.8 Å². The summed E-state index contributed by atoms with van der Waals surface area (Å²) in [5.41, 5.74) is 0.744. The number of anilines is 1. The molecule has 0 bridgehead atoms. The second-order valence-electron chi connectivity index (χ2n) is 5.30. The van der Waals surface area contributed by atoms with E-state index in [1.165, 1.54) is 0 Å². The number of nitrogens with zero attached hydrogens (tertiary/aromatic N) is 1.